The predicted molar refractivity (Wildman–Crippen MR) is 143 cm³/mol. The highest BCUT2D eigenvalue weighted by atomic mass is 16.3. The lowest BCUT2D eigenvalue weighted by Crippen LogP contribution is -2.48. The molecule has 8 bridgehead atoms. The van der Waals surface area contributed by atoms with Crippen molar-refractivity contribution < 1.29 is 10.2 Å². The zero-order chi connectivity index (χ0) is 24.1. The molecule has 0 heterocycles. The maximum absolute atomic E-state index is 11.1. The molecule has 36 heavy (non-hydrogen) atoms. The van der Waals surface area contributed by atoms with E-state index < -0.39 is 0 Å². The van der Waals surface area contributed by atoms with Crippen LogP contribution in [0.15, 0.2) is 36.4 Å². The topological polar surface area (TPSA) is 40.5 Å². The normalized spacial score (nSPS) is 41.8. The van der Waals surface area contributed by atoms with Gasteiger partial charge in [0.1, 0.15) is 11.5 Å². The van der Waals surface area contributed by atoms with Crippen LogP contribution in [0.4, 0.5) is 0 Å². The molecule has 2 heteroatoms. The minimum absolute atomic E-state index is 0.246. The van der Waals surface area contributed by atoms with E-state index in [0.717, 1.165) is 48.3 Å². The van der Waals surface area contributed by atoms with Gasteiger partial charge in [-0.25, -0.2) is 0 Å². The van der Waals surface area contributed by atoms with Crippen LogP contribution in [0.5, 0.6) is 11.5 Å². The van der Waals surface area contributed by atoms with Crippen molar-refractivity contribution in [3.05, 3.63) is 58.7 Å². The highest BCUT2D eigenvalue weighted by Gasteiger charge is 2.53. The Hall–Kier alpha value is -1.96. The summed E-state index contributed by atoms with van der Waals surface area (Å²) in [4.78, 5) is 0. The number of aryl methyl sites for hydroxylation is 2. The number of benzene rings is 2. The molecule has 0 aliphatic heterocycles. The molecule has 2 nitrogen and oxygen atoms in total. The standard InChI is InChI=1S/C34H42O2/c35-31-13-21(3-5-29(31)33-15-23-7-24(16-33)9-25(8-23)17-33)1-2-22-4-6-30(32(36)14-22)34-18-26-10-27(19-34)12-28(11-26)20-34/h3-6,13-14,23-28,35-36H,1-2,7-12,15-20H2. The summed E-state index contributed by atoms with van der Waals surface area (Å²) in [6.07, 6.45) is 18.2. The van der Waals surface area contributed by atoms with E-state index >= 15 is 0 Å². The Bertz CT molecular complexity index is 1030. The van der Waals surface area contributed by atoms with Crippen molar-refractivity contribution in [2.24, 2.45) is 35.5 Å². The maximum Gasteiger partial charge on any atom is 0.119 e. The van der Waals surface area contributed by atoms with Crippen LogP contribution in [0.1, 0.15) is 99.3 Å². The molecule has 0 aromatic heterocycles. The third-order valence-electron chi connectivity index (χ3n) is 12.0. The Labute approximate surface area is 216 Å². The number of rotatable bonds is 5. The lowest BCUT2D eigenvalue weighted by atomic mass is 9.48. The largest absolute Gasteiger partial charge is 0.508 e. The molecule has 2 aromatic rings. The maximum atomic E-state index is 11.1. The summed E-state index contributed by atoms with van der Waals surface area (Å²) in [6, 6.07) is 13.2. The Kier molecular flexibility index (Phi) is 4.77. The first-order chi connectivity index (χ1) is 17.5. The van der Waals surface area contributed by atoms with Crippen LogP contribution >= 0.6 is 0 Å². The molecule has 0 unspecified atom stereocenters. The van der Waals surface area contributed by atoms with Crippen molar-refractivity contribution in [3.8, 4) is 11.5 Å². The summed E-state index contributed by atoms with van der Waals surface area (Å²) in [5.74, 6) is 6.43. The van der Waals surface area contributed by atoms with Gasteiger partial charge in [0.15, 0.2) is 0 Å². The fraction of sp³-hybridized carbons (Fsp3) is 0.647. The van der Waals surface area contributed by atoms with Gasteiger partial charge in [-0.05, 0) is 159 Å². The number of aromatic hydroxyl groups is 2. The zero-order valence-electron chi connectivity index (χ0n) is 21.7. The van der Waals surface area contributed by atoms with E-state index in [-0.39, 0.29) is 10.8 Å². The zero-order valence-corrected chi connectivity index (χ0v) is 21.7. The summed E-state index contributed by atoms with van der Waals surface area (Å²) in [5.41, 5.74) is 5.40. The van der Waals surface area contributed by atoms with Gasteiger partial charge in [-0.1, -0.05) is 24.3 Å². The summed E-state index contributed by atoms with van der Waals surface area (Å²) < 4.78 is 0. The van der Waals surface area contributed by atoms with Crippen LogP contribution in [0.2, 0.25) is 0 Å². The fourth-order valence-corrected chi connectivity index (χ4v) is 11.5. The summed E-state index contributed by atoms with van der Waals surface area (Å²) in [6.45, 7) is 0. The van der Waals surface area contributed by atoms with Crippen molar-refractivity contribution >= 4 is 0 Å². The van der Waals surface area contributed by atoms with Crippen molar-refractivity contribution in [1.82, 2.24) is 0 Å². The Morgan fingerprint density at radius 3 is 1.08 bits per heavy atom. The molecule has 8 aliphatic rings. The first-order valence-electron chi connectivity index (χ1n) is 15.1. The van der Waals surface area contributed by atoms with Crippen LogP contribution < -0.4 is 0 Å². The van der Waals surface area contributed by atoms with E-state index in [1.165, 1.54) is 99.3 Å². The van der Waals surface area contributed by atoms with Gasteiger partial charge in [-0.15, -0.1) is 0 Å². The van der Waals surface area contributed by atoms with Gasteiger partial charge >= 0.3 is 0 Å². The molecule has 0 atom stereocenters. The second kappa shape index (κ2) is 7.78. The number of hydrogen-bond acceptors (Lipinski definition) is 2. The third kappa shape index (κ3) is 3.42. The quantitative estimate of drug-likeness (QED) is 0.456. The second-order valence-corrected chi connectivity index (χ2v) is 14.6. The molecule has 0 saturated heterocycles. The highest BCUT2D eigenvalue weighted by Crippen LogP contribution is 2.63. The third-order valence-corrected chi connectivity index (χ3v) is 12.0. The molecule has 2 aromatic carbocycles. The van der Waals surface area contributed by atoms with Crippen LogP contribution in [-0.4, -0.2) is 10.2 Å². The molecule has 190 valence electrons. The van der Waals surface area contributed by atoms with Gasteiger partial charge in [-0.2, -0.15) is 0 Å². The van der Waals surface area contributed by atoms with E-state index in [2.05, 4.69) is 36.4 Å². The van der Waals surface area contributed by atoms with Gasteiger partial charge in [0.25, 0.3) is 0 Å². The molecule has 0 amide bonds. The molecular weight excluding hydrogens is 440 g/mol. The number of phenolic OH excluding ortho intramolecular Hbond substituents is 2. The van der Waals surface area contributed by atoms with E-state index in [1.54, 1.807) is 0 Å². The number of phenols is 2. The number of hydrogen-bond donors (Lipinski definition) is 2. The molecule has 8 fully saturated rings. The van der Waals surface area contributed by atoms with Crippen molar-refractivity contribution in [3.63, 3.8) is 0 Å². The average Bonchev–Trinajstić information content (AvgIpc) is 2.81. The summed E-state index contributed by atoms with van der Waals surface area (Å²) in [7, 11) is 0. The van der Waals surface area contributed by atoms with Crippen LogP contribution in [0.25, 0.3) is 0 Å². The fourth-order valence-electron chi connectivity index (χ4n) is 11.5. The molecule has 0 radical (unpaired) electrons. The molecule has 8 saturated carbocycles. The van der Waals surface area contributed by atoms with Gasteiger partial charge < -0.3 is 10.2 Å². The van der Waals surface area contributed by atoms with Gasteiger partial charge in [0, 0.05) is 11.1 Å². The monoisotopic (exact) mass is 482 g/mol. The Balaban J connectivity index is 0.983. The molecule has 0 spiro atoms. The van der Waals surface area contributed by atoms with Gasteiger partial charge in [0.05, 0.1) is 0 Å². The molecule has 2 N–H and O–H groups in total. The smallest absolute Gasteiger partial charge is 0.119 e. The Morgan fingerprint density at radius 2 is 0.806 bits per heavy atom. The van der Waals surface area contributed by atoms with Gasteiger partial charge in [0.2, 0.25) is 0 Å². The predicted octanol–water partition coefficient (Wildman–Crippen LogP) is 7.82. The SMILES string of the molecule is Oc1cc(CCc2ccc(C34CC5CC(CC(C5)C3)C4)c(O)c2)ccc1C12CC3CC(CC(C3)C1)C2. The molecule has 10 rings (SSSR count). The lowest BCUT2D eigenvalue weighted by Gasteiger charge is -2.57. The van der Waals surface area contributed by atoms with E-state index in [1.807, 2.05) is 0 Å². The summed E-state index contributed by atoms with van der Waals surface area (Å²) >= 11 is 0. The Morgan fingerprint density at radius 1 is 0.500 bits per heavy atom. The van der Waals surface area contributed by atoms with E-state index in [0.29, 0.717) is 11.5 Å². The van der Waals surface area contributed by atoms with E-state index in [4.69, 9.17) is 0 Å². The molecular formula is C34H42O2. The molecule has 8 aliphatic carbocycles. The van der Waals surface area contributed by atoms with Crippen LogP contribution in [0.3, 0.4) is 0 Å². The second-order valence-electron chi connectivity index (χ2n) is 14.6. The summed E-state index contributed by atoms with van der Waals surface area (Å²) in [5, 5.41) is 22.3. The minimum atomic E-state index is 0.246. The van der Waals surface area contributed by atoms with Crippen LogP contribution in [-0.2, 0) is 23.7 Å². The van der Waals surface area contributed by atoms with Crippen molar-refractivity contribution in [2.75, 3.05) is 0 Å². The average molecular weight is 483 g/mol. The highest BCUT2D eigenvalue weighted by molar-refractivity contribution is 5.45. The minimum Gasteiger partial charge on any atom is -0.508 e. The first kappa shape index (κ1) is 22.1. The van der Waals surface area contributed by atoms with Gasteiger partial charge in [-0.3, -0.25) is 0 Å². The van der Waals surface area contributed by atoms with Crippen LogP contribution in [0, 0.1) is 35.5 Å². The van der Waals surface area contributed by atoms with Crippen molar-refractivity contribution in [2.45, 2.75) is 101 Å². The lowest BCUT2D eigenvalue weighted by molar-refractivity contribution is -0.00630. The van der Waals surface area contributed by atoms with Crippen molar-refractivity contribution in [1.29, 1.82) is 0 Å². The first-order valence-corrected chi connectivity index (χ1v) is 15.1. The van der Waals surface area contributed by atoms with E-state index in [9.17, 15) is 10.2 Å².